The van der Waals surface area contributed by atoms with Crippen molar-refractivity contribution >= 4 is 11.7 Å². The average Bonchev–Trinajstić information content (AvgIpc) is 1.93. The Morgan fingerprint density at radius 2 is 2.00 bits per heavy atom. The van der Waals surface area contributed by atoms with Gasteiger partial charge in [0.2, 0.25) is 5.91 Å². The minimum absolute atomic E-state index is 0.00231. The van der Waals surface area contributed by atoms with Gasteiger partial charge >= 0.3 is 0 Å². The Morgan fingerprint density at radius 3 is 2.78 bits per heavy atom. The highest BCUT2D eigenvalue weighted by Gasteiger charge is 2.08. The molecule has 3 nitrogen and oxygen atoms in total. The topological polar surface area (TPSA) is 53.0 Å². The van der Waals surface area contributed by atoms with Crippen molar-refractivity contribution in [3.63, 3.8) is 0 Å². The molecule has 50 valence electrons. The van der Waals surface area contributed by atoms with E-state index in [0.717, 1.165) is 19.3 Å². The third-order valence-corrected chi connectivity index (χ3v) is 1.37. The Labute approximate surface area is 54.0 Å². The van der Waals surface area contributed by atoms with Crippen LogP contribution in [0.2, 0.25) is 0 Å². The maximum Gasteiger partial charge on any atom is 0.225 e. The minimum Gasteiger partial charge on any atom is -0.315 e. The summed E-state index contributed by atoms with van der Waals surface area (Å²) in [7, 11) is 0. The molecule has 3 heteroatoms. The van der Waals surface area contributed by atoms with Gasteiger partial charge in [-0.25, -0.2) is 0 Å². The highest BCUT2D eigenvalue weighted by atomic mass is 16.1. The first kappa shape index (κ1) is 6.26. The zero-order chi connectivity index (χ0) is 6.69. The first-order valence-corrected chi connectivity index (χ1v) is 3.16. The lowest BCUT2D eigenvalue weighted by Crippen LogP contribution is -2.26. The third kappa shape index (κ3) is 1.83. The van der Waals surface area contributed by atoms with Gasteiger partial charge in [-0.2, -0.15) is 0 Å². The van der Waals surface area contributed by atoms with E-state index in [9.17, 15) is 4.79 Å². The van der Waals surface area contributed by atoms with Crippen LogP contribution in [0.5, 0.6) is 0 Å². The molecule has 1 aliphatic heterocycles. The highest BCUT2D eigenvalue weighted by molar-refractivity contribution is 5.97. The van der Waals surface area contributed by atoms with Gasteiger partial charge < -0.3 is 5.32 Å². The smallest absolute Gasteiger partial charge is 0.225 e. The van der Waals surface area contributed by atoms with E-state index in [2.05, 4.69) is 5.32 Å². The second kappa shape index (κ2) is 2.62. The van der Waals surface area contributed by atoms with Gasteiger partial charge in [0.15, 0.2) is 0 Å². The molecule has 1 fully saturated rings. The average molecular weight is 126 g/mol. The molecule has 0 radical (unpaired) electrons. The van der Waals surface area contributed by atoms with Crippen LogP contribution in [0, 0.1) is 5.41 Å². The minimum atomic E-state index is -0.00231. The molecule has 0 spiro atoms. The van der Waals surface area contributed by atoms with Gasteiger partial charge in [-0.3, -0.25) is 10.2 Å². The Balaban J connectivity index is 2.47. The molecule has 1 amide bonds. The van der Waals surface area contributed by atoms with E-state index in [1.165, 1.54) is 0 Å². The molecule has 0 unspecified atom stereocenters. The van der Waals surface area contributed by atoms with Crippen molar-refractivity contribution in [3.05, 3.63) is 0 Å². The monoisotopic (exact) mass is 126 g/mol. The van der Waals surface area contributed by atoms with Gasteiger partial charge in [0.25, 0.3) is 0 Å². The van der Waals surface area contributed by atoms with Crippen LogP contribution >= 0.6 is 0 Å². The largest absolute Gasteiger partial charge is 0.315 e. The highest BCUT2D eigenvalue weighted by Crippen LogP contribution is 2.03. The van der Waals surface area contributed by atoms with Crippen molar-refractivity contribution in [1.82, 2.24) is 5.32 Å². The summed E-state index contributed by atoms with van der Waals surface area (Å²) < 4.78 is 0. The quantitative estimate of drug-likeness (QED) is 0.492. The molecule has 2 N–H and O–H groups in total. The molecule has 1 saturated heterocycles. The normalized spacial score (nSPS) is 20.9. The fourth-order valence-corrected chi connectivity index (χ4v) is 0.881. The second-order valence-electron chi connectivity index (χ2n) is 2.23. The summed E-state index contributed by atoms with van der Waals surface area (Å²) in [5.74, 6) is 0.370. The molecule has 1 aliphatic rings. The number of amides is 1. The first-order chi connectivity index (χ1) is 4.29. The SMILES string of the molecule is N=C1CCCCC(=O)N1. The van der Waals surface area contributed by atoms with Crippen LogP contribution in [-0.2, 0) is 4.79 Å². The van der Waals surface area contributed by atoms with E-state index in [1.54, 1.807) is 0 Å². The van der Waals surface area contributed by atoms with Crippen molar-refractivity contribution in [3.8, 4) is 0 Å². The Bertz CT molecular complexity index is 126. The lowest BCUT2D eigenvalue weighted by Gasteiger charge is -1.96. The Hall–Kier alpha value is -0.860. The standard InChI is InChI=1S/C6H10N2O/c7-5-3-1-2-4-6(9)8-5/h1-4H2,(H2,7,8,9). The maximum atomic E-state index is 10.6. The predicted octanol–water partition coefficient (Wildman–Crippen LogP) is 0.654. The molecule has 0 aromatic carbocycles. The number of amidine groups is 1. The van der Waals surface area contributed by atoms with Gasteiger partial charge in [0, 0.05) is 12.8 Å². The summed E-state index contributed by atoms with van der Waals surface area (Å²) >= 11 is 0. The van der Waals surface area contributed by atoms with E-state index >= 15 is 0 Å². The van der Waals surface area contributed by atoms with Crippen LogP contribution < -0.4 is 5.32 Å². The van der Waals surface area contributed by atoms with Crippen LogP contribution in [0.3, 0.4) is 0 Å². The Morgan fingerprint density at radius 1 is 1.33 bits per heavy atom. The van der Waals surface area contributed by atoms with Gasteiger partial charge in [-0.05, 0) is 12.8 Å². The molecule has 0 aliphatic carbocycles. The lowest BCUT2D eigenvalue weighted by atomic mass is 10.2. The summed E-state index contributed by atoms with van der Waals surface area (Å²) in [6.45, 7) is 0. The fourth-order valence-electron chi connectivity index (χ4n) is 0.881. The number of rotatable bonds is 0. The van der Waals surface area contributed by atoms with E-state index in [0.29, 0.717) is 12.3 Å². The van der Waals surface area contributed by atoms with Crippen LogP contribution in [0.4, 0.5) is 0 Å². The number of hydrogen-bond donors (Lipinski definition) is 2. The Kier molecular flexibility index (Phi) is 1.82. The summed E-state index contributed by atoms with van der Waals surface area (Å²) in [4.78, 5) is 10.6. The van der Waals surface area contributed by atoms with E-state index in [-0.39, 0.29) is 5.91 Å². The fraction of sp³-hybridized carbons (Fsp3) is 0.667. The van der Waals surface area contributed by atoms with E-state index in [1.807, 2.05) is 0 Å². The van der Waals surface area contributed by atoms with Gasteiger partial charge in [0.1, 0.15) is 0 Å². The van der Waals surface area contributed by atoms with Crippen molar-refractivity contribution in [2.45, 2.75) is 25.7 Å². The maximum absolute atomic E-state index is 10.6. The van der Waals surface area contributed by atoms with Crippen molar-refractivity contribution in [2.24, 2.45) is 0 Å². The van der Waals surface area contributed by atoms with Crippen LogP contribution in [0.25, 0.3) is 0 Å². The summed E-state index contributed by atoms with van der Waals surface area (Å²) in [6, 6.07) is 0. The van der Waals surface area contributed by atoms with Crippen molar-refractivity contribution in [2.75, 3.05) is 0 Å². The van der Waals surface area contributed by atoms with Crippen molar-refractivity contribution in [1.29, 1.82) is 5.41 Å². The molecule has 9 heavy (non-hydrogen) atoms. The summed E-state index contributed by atoms with van der Waals surface area (Å²) in [6.07, 6.45) is 3.21. The molecule has 1 rings (SSSR count). The van der Waals surface area contributed by atoms with Gasteiger partial charge in [-0.15, -0.1) is 0 Å². The number of carbonyl (C=O) groups excluding carboxylic acids is 1. The molecule has 1 heterocycles. The summed E-state index contributed by atoms with van der Waals surface area (Å²) in [5.41, 5.74) is 0. The van der Waals surface area contributed by atoms with E-state index < -0.39 is 0 Å². The molecular weight excluding hydrogens is 116 g/mol. The summed E-state index contributed by atoms with van der Waals surface area (Å²) in [5, 5.41) is 9.61. The van der Waals surface area contributed by atoms with Gasteiger partial charge in [0.05, 0.1) is 5.84 Å². The van der Waals surface area contributed by atoms with E-state index in [4.69, 9.17) is 5.41 Å². The molecular formula is C6H10N2O. The zero-order valence-electron chi connectivity index (χ0n) is 5.24. The first-order valence-electron chi connectivity index (χ1n) is 3.16. The van der Waals surface area contributed by atoms with Gasteiger partial charge in [-0.1, -0.05) is 0 Å². The van der Waals surface area contributed by atoms with Crippen LogP contribution in [0.15, 0.2) is 0 Å². The number of carbonyl (C=O) groups is 1. The molecule has 0 saturated carbocycles. The third-order valence-electron chi connectivity index (χ3n) is 1.37. The van der Waals surface area contributed by atoms with Crippen LogP contribution in [-0.4, -0.2) is 11.7 Å². The molecule has 0 aromatic rings. The predicted molar refractivity (Wildman–Crippen MR) is 34.3 cm³/mol. The van der Waals surface area contributed by atoms with Crippen LogP contribution in [0.1, 0.15) is 25.7 Å². The lowest BCUT2D eigenvalue weighted by molar-refractivity contribution is -0.119. The second-order valence-corrected chi connectivity index (χ2v) is 2.23. The number of hydrogen-bond acceptors (Lipinski definition) is 2. The molecule has 0 aromatic heterocycles. The van der Waals surface area contributed by atoms with Crippen molar-refractivity contribution < 1.29 is 4.79 Å². The zero-order valence-corrected chi connectivity index (χ0v) is 5.24. The number of nitrogens with one attached hydrogen (secondary N) is 2. The molecule has 0 atom stereocenters. The molecule has 0 bridgehead atoms.